The molecule has 0 aliphatic carbocycles. The molecule has 33 heavy (non-hydrogen) atoms. The van der Waals surface area contributed by atoms with E-state index in [0.29, 0.717) is 16.4 Å². The SMILES string of the molecule is Cc1ccc(N(CCOC(=O)/C=C/c2cccc(Cl)c2)C2=NS(=O)(=O)c3ccccc32)cc1. The molecule has 6 nitrogen and oxygen atoms in total. The third kappa shape index (κ3) is 5.32. The molecular formula is C25H21ClN2O4S. The quantitative estimate of drug-likeness (QED) is 0.372. The van der Waals surface area contributed by atoms with Gasteiger partial charge in [0.25, 0.3) is 10.0 Å². The molecule has 1 aliphatic rings. The first-order chi connectivity index (χ1) is 15.8. The Hall–Kier alpha value is -3.42. The summed E-state index contributed by atoms with van der Waals surface area (Å²) in [5.74, 6) is -0.208. The van der Waals surface area contributed by atoms with Gasteiger partial charge in [-0.2, -0.15) is 8.42 Å². The van der Waals surface area contributed by atoms with Gasteiger partial charge in [-0.25, -0.2) is 4.79 Å². The van der Waals surface area contributed by atoms with Crippen molar-refractivity contribution in [3.63, 3.8) is 0 Å². The topological polar surface area (TPSA) is 76.0 Å². The minimum atomic E-state index is -3.78. The number of carbonyl (C=O) groups excluding carboxylic acids is 1. The number of rotatable bonds is 6. The van der Waals surface area contributed by atoms with Crippen LogP contribution in [-0.4, -0.2) is 33.4 Å². The fourth-order valence-electron chi connectivity index (χ4n) is 3.43. The average Bonchev–Trinajstić information content (AvgIpc) is 3.07. The van der Waals surface area contributed by atoms with Crippen LogP contribution in [-0.2, 0) is 19.6 Å². The van der Waals surface area contributed by atoms with Gasteiger partial charge >= 0.3 is 5.97 Å². The van der Waals surface area contributed by atoms with Gasteiger partial charge in [0, 0.05) is 22.3 Å². The Morgan fingerprint density at radius 3 is 2.58 bits per heavy atom. The Kier molecular flexibility index (Phi) is 6.62. The molecule has 0 saturated carbocycles. The van der Waals surface area contributed by atoms with Crippen LogP contribution < -0.4 is 4.90 Å². The van der Waals surface area contributed by atoms with Gasteiger partial charge in [0.2, 0.25) is 0 Å². The standard InChI is InChI=1S/C25H21ClN2O4S/c1-18-9-12-21(13-10-18)28(25-22-7-2-3-8-23(22)33(30,31)27-25)15-16-32-24(29)14-11-19-5-4-6-20(26)17-19/h2-14,17H,15-16H2,1H3/b14-11+. The molecule has 0 unspecified atom stereocenters. The van der Waals surface area contributed by atoms with Crippen LogP contribution in [0.15, 0.2) is 88.2 Å². The second-order valence-corrected chi connectivity index (χ2v) is 9.44. The van der Waals surface area contributed by atoms with Crippen molar-refractivity contribution in [2.45, 2.75) is 11.8 Å². The number of hydrogen-bond donors (Lipinski definition) is 0. The zero-order valence-corrected chi connectivity index (χ0v) is 19.4. The van der Waals surface area contributed by atoms with Crippen molar-refractivity contribution in [1.82, 2.24) is 0 Å². The Balaban J connectivity index is 1.52. The minimum absolute atomic E-state index is 0.0355. The van der Waals surface area contributed by atoms with Gasteiger partial charge in [-0.3, -0.25) is 0 Å². The lowest BCUT2D eigenvalue weighted by molar-refractivity contribution is -0.137. The first-order valence-corrected chi connectivity index (χ1v) is 12.0. The lowest BCUT2D eigenvalue weighted by Gasteiger charge is -2.24. The number of ether oxygens (including phenoxy) is 1. The smallest absolute Gasteiger partial charge is 0.330 e. The van der Waals surface area contributed by atoms with E-state index in [2.05, 4.69) is 4.40 Å². The molecule has 3 aromatic rings. The maximum Gasteiger partial charge on any atom is 0.330 e. The molecule has 0 aromatic heterocycles. The highest BCUT2D eigenvalue weighted by molar-refractivity contribution is 7.90. The molecule has 0 fully saturated rings. The molecule has 3 aromatic carbocycles. The number of nitrogens with zero attached hydrogens (tertiary/aromatic N) is 2. The maximum atomic E-state index is 12.6. The van der Waals surface area contributed by atoms with Crippen LogP contribution in [0.5, 0.6) is 0 Å². The van der Waals surface area contributed by atoms with Gasteiger partial charge in [0.05, 0.1) is 6.54 Å². The van der Waals surface area contributed by atoms with Gasteiger partial charge in [-0.1, -0.05) is 53.6 Å². The van der Waals surface area contributed by atoms with Crippen LogP contribution in [0.25, 0.3) is 6.08 Å². The highest BCUT2D eigenvalue weighted by atomic mass is 35.5. The molecule has 0 amide bonds. The van der Waals surface area contributed by atoms with Crippen molar-refractivity contribution in [3.05, 3.63) is 101 Å². The van der Waals surface area contributed by atoms with E-state index in [1.54, 1.807) is 47.4 Å². The van der Waals surface area contributed by atoms with E-state index in [0.717, 1.165) is 16.8 Å². The van der Waals surface area contributed by atoms with Gasteiger partial charge in [0.1, 0.15) is 11.5 Å². The molecule has 0 saturated heterocycles. The number of sulfonamides is 1. The van der Waals surface area contributed by atoms with Crippen molar-refractivity contribution >= 4 is 45.2 Å². The summed E-state index contributed by atoms with van der Waals surface area (Å²) in [4.78, 5) is 14.1. The second-order valence-electron chi connectivity index (χ2n) is 7.43. The summed E-state index contributed by atoms with van der Waals surface area (Å²) < 4.78 is 34.5. The summed E-state index contributed by atoms with van der Waals surface area (Å²) in [5, 5.41) is 0.576. The number of benzene rings is 3. The van der Waals surface area contributed by atoms with Gasteiger partial charge in [-0.05, 0) is 55.0 Å². The number of hydrogen-bond acceptors (Lipinski definition) is 5. The third-order valence-corrected chi connectivity index (χ3v) is 6.59. The molecular weight excluding hydrogens is 460 g/mol. The Bertz CT molecular complexity index is 1350. The summed E-state index contributed by atoms with van der Waals surface area (Å²) in [6, 6.07) is 21.4. The normalized spacial score (nSPS) is 14.1. The zero-order chi connectivity index (χ0) is 23.4. The van der Waals surface area contributed by atoms with Crippen molar-refractivity contribution in [1.29, 1.82) is 0 Å². The van der Waals surface area contributed by atoms with E-state index in [1.165, 1.54) is 12.1 Å². The molecule has 0 radical (unpaired) electrons. The highest BCUT2D eigenvalue weighted by Gasteiger charge is 2.32. The summed E-state index contributed by atoms with van der Waals surface area (Å²) in [6.45, 7) is 2.23. The van der Waals surface area contributed by atoms with Crippen LogP contribution >= 0.6 is 11.6 Å². The molecule has 0 N–H and O–H groups in total. The minimum Gasteiger partial charge on any atom is -0.461 e. The lowest BCUT2D eigenvalue weighted by atomic mass is 10.1. The van der Waals surface area contributed by atoms with Gasteiger partial charge in [0.15, 0.2) is 5.84 Å². The Morgan fingerprint density at radius 1 is 1.06 bits per heavy atom. The first kappa shape index (κ1) is 22.8. The number of esters is 1. The van der Waals surface area contributed by atoms with E-state index in [1.807, 2.05) is 37.3 Å². The first-order valence-electron chi connectivity index (χ1n) is 10.2. The fourth-order valence-corrected chi connectivity index (χ4v) is 4.83. The van der Waals surface area contributed by atoms with Crippen LogP contribution in [0, 0.1) is 6.92 Å². The summed E-state index contributed by atoms with van der Waals surface area (Å²) >= 11 is 5.96. The predicted octanol–water partition coefficient (Wildman–Crippen LogP) is 4.86. The van der Waals surface area contributed by atoms with E-state index < -0.39 is 16.0 Å². The fraction of sp³-hybridized carbons (Fsp3) is 0.120. The lowest BCUT2D eigenvalue weighted by Crippen LogP contribution is -2.34. The zero-order valence-electron chi connectivity index (χ0n) is 17.8. The molecule has 0 spiro atoms. The van der Waals surface area contributed by atoms with E-state index in [-0.39, 0.29) is 18.0 Å². The number of aryl methyl sites for hydroxylation is 1. The molecule has 1 aliphatic heterocycles. The largest absolute Gasteiger partial charge is 0.461 e. The Labute approximate surface area is 197 Å². The predicted molar refractivity (Wildman–Crippen MR) is 130 cm³/mol. The Morgan fingerprint density at radius 2 is 1.82 bits per heavy atom. The maximum absolute atomic E-state index is 12.6. The van der Waals surface area contributed by atoms with Crippen molar-refractivity contribution < 1.29 is 17.9 Å². The van der Waals surface area contributed by atoms with Crippen LogP contribution in [0.1, 0.15) is 16.7 Å². The summed E-state index contributed by atoms with van der Waals surface area (Å²) in [5.41, 5.74) is 3.11. The third-order valence-electron chi connectivity index (χ3n) is 5.03. The van der Waals surface area contributed by atoms with Crippen LogP contribution in [0.4, 0.5) is 5.69 Å². The van der Waals surface area contributed by atoms with E-state index in [4.69, 9.17) is 16.3 Å². The summed E-state index contributed by atoms with van der Waals surface area (Å²) in [6.07, 6.45) is 2.95. The molecule has 1 heterocycles. The second kappa shape index (κ2) is 9.60. The number of anilines is 1. The molecule has 0 bridgehead atoms. The van der Waals surface area contributed by atoms with E-state index >= 15 is 0 Å². The summed E-state index contributed by atoms with van der Waals surface area (Å²) in [7, 11) is -3.78. The molecule has 4 rings (SSSR count). The molecule has 168 valence electrons. The highest BCUT2D eigenvalue weighted by Crippen LogP contribution is 2.30. The van der Waals surface area contributed by atoms with Crippen LogP contribution in [0.2, 0.25) is 5.02 Å². The number of halogens is 1. The van der Waals surface area contributed by atoms with Crippen molar-refractivity contribution in [2.75, 3.05) is 18.1 Å². The average molecular weight is 481 g/mol. The van der Waals surface area contributed by atoms with Gasteiger partial charge < -0.3 is 9.64 Å². The van der Waals surface area contributed by atoms with E-state index in [9.17, 15) is 13.2 Å². The van der Waals surface area contributed by atoms with Gasteiger partial charge in [-0.15, -0.1) is 4.40 Å². The van der Waals surface area contributed by atoms with Crippen molar-refractivity contribution in [3.8, 4) is 0 Å². The monoisotopic (exact) mass is 480 g/mol. The van der Waals surface area contributed by atoms with Crippen molar-refractivity contribution in [2.24, 2.45) is 4.40 Å². The molecule has 8 heteroatoms. The van der Waals surface area contributed by atoms with Crippen LogP contribution in [0.3, 0.4) is 0 Å². The number of carbonyl (C=O) groups is 1. The number of amidine groups is 1. The molecule has 0 atom stereocenters. The number of fused-ring (bicyclic) bond motifs is 1.